The molecule has 0 bridgehead atoms. The van der Waals surface area contributed by atoms with Crippen molar-refractivity contribution in [3.63, 3.8) is 0 Å². The van der Waals surface area contributed by atoms with Gasteiger partial charge in [0.25, 0.3) is 0 Å². The molecule has 0 amide bonds. The van der Waals surface area contributed by atoms with Crippen molar-refractivity contribution in [2.45, 2.75) is 61.9 Å². The topological polar surface area (TPSA) is 69.5 Å². The predicted molar refractivity (Wildman–Crippen MR) is 114 cm³/mol. The molecule has 1 saturated carbocycles. The summed E-state index contributed by atoms with van der Waals surface area (Å²) in [5.74, 6) is 0.655. The van der Waals surface area contributed by atoms with Crippen molar-refractivity contribution in [1.29, 1.82) is 0 Å². The van der Waals surface area contributed by atoms with Crippen LogP contribution in [0.1, 0.15) is 36.8 Å². The van der Waals surface area contributed by atoms with E-state index >= 15 is 0 Å². The molecular weight excluding hydrogens is 587 g/mol. The molecule has 1 aliphatic carbocycles. The Kier molecular flexibility index (Phi) is 8.99. The van der Waals surface area contributed by atoms with Gasteiger partial charge in [0.2, 0.25) is 6.11 Å². The number of benzene rings is 2. The van der Waals surface area contributed by atoms with Crippen LogP contribution in [0.3, 0.4) is 0 Å². The van der Waals surface area contributed by atoms with Gasteiger partial charge in [0.1, 0.15) is 0 Å². The Morgan fingerprint density at radius 3 is 1.33 bits per heavy atom. The van der Waals surface area contributed by atoms with Gasteiger partial charge in [0.15, 0.2) is 0 Å². The first-order chi connectivity index (χ1) is 18.0. The van der Waals surface area contributed by atoms with Crippen molar-refractivity contribution >= 4 is 12.4 Å². The molecule has 0 spiro atoms. The first kappa shape index (κ1) is 30.8. The molecule has 214 valence electrons. The van der Waals surface area contributed by atoms with Crippen molar-refractivity contribution in [3.05, 3.63) is 59.7 Å². The van der Waals surface area contributed by atoms with E-state index in [-0.39, 0.29) is 15.7 Å². The van der Waals surface area contributed by atoms with Crippen molar-refractivity contribution < 1.29 is 77.6 Å². The number of nitrogens with zero attached hydrogens (tertiary/aromatic N) is 2. The third-order valence-electron chi connectivity index (χ3n) is 6.12. The molecule has 2 aromatic rings. The van der Waals surface area contributed by atoms with E-state index in [0.717, 1.165) is 11.1 Å². The molecule has 2 unspecified atom stereocenters. The molecule has 15 heteroatoms. The summed E-state index contributed by atoms with van der Waals surface area (Å²) in [6.07, 6.45) is -11.8. The number of fused-ring (bicyclic) bond motifs is 1. The van der Waals surface area contributed by atoms with Crippen LogP contribution >= 0.6 is 0 Å². The molecule has 0 aromatic heterocycles. The molecule has 2 aromatic carbocycles. The summed E-state index contributed by atoms with van der Waals surface area (Å²) >= 11 is 0.115. The smallest absolute Gasteiger partial charge is 0.436 e. The maximum atomic E-state index is 12.0. The number of aromatic hydroxyl groups is 2. The zero-order chi connectivity index (χ0) is 29.2. The molecule has 1 aliphatic heterocycles. The van der Waals surface area contributed by atoms with Gasteiger partial charge in [-0.2, -0.15) is 26.3 Å². The van der Waals surface area contributed by atoms with E-state index in [1.807, 2.05) is 36.4 Å². The Bertz CT molecular complexity index is 1120. The van der Waals surface area contributed by atoms with Crippen LogP contribution in [0, 0.1) is 0 Å². The summed E-state index contributed by atoms with van der Waals surface area (Å²) in [4.78, 5) is 0. The van der Waals surface area contributed by atoms with Crippen LogP contribution in [0.25, 0.3) is 0 Å². The largest absolute Gasteiger partial charge is 0.795 e. The number of hydrogen-bond donors (Lipinski definition) is 2. The van der Waals surface area contributed by atoms with Gasteiger partial charge in [-0.15, -0.1) is 0 Å². The van der Waals surface area contributed by atoms with Gasteiger partial charge in [-0.25, -0.2) is 13.2 Å². The molecule has 0 radical (unpaired) electrons. The first-order valence-electron chi connectivity index (χ1n) is 11.4. The van der Waals surface area contributed by atoms with E-state index in [4.69, 9.17) is 0 Å². The van der Waals surface area contributed by atoms with Crippen LogP contribution < -0.4 is 5.11 Å². The van der Waals surface area contributed by atoms with Gasteiger partial charge in [-0.05, 0) is 0 Å². The maximum Gasteiger partial charge on any atom is 0.436 e. The fraction of sp³-hybridized carbons (Fsp3) is 0.417. The summed E-state index contributed by atoms with van der Waals surface area (Å²) in [7, 11) is 0. The first-order valence-corrected chi connectivity index (χ1v) is 12.5. The molecule has 5 nitrogen and oxygen atoms in total. The van der Waals surface area contributed by atoms with Crippen LogP contribution in [0.15, 0.2) is 48.5 Å². The van der Waals surface area contributed by atoms with Crippen molar-refractivity contribution in [3.8, 4) is 11.5 Å². The second-order valence-electron chi connectivity index (χ2n) is 8.77. The van der Waals surface area contributed by atoms with Crippen LogP contribution in [-0.2, 0) is 15.7 Å². The summed E-state index contributed by atoms with van der Waals surface area (Å²) in [5.41, 5.74) is -5.33. The number of alkyl halides is 9. The summed E-state index contributed by atoms with van der Waals surface area (Å²) in [6, 6.07) is 16.0. The Morgan fingerprint density at radius 2 is 1.05 bits per heavy atom. The minimum Gasteiger partial charge on any atom is -0.795 e. The second-order valence-corrected chi connectivity index (χ2v) is 10.3. The van der Waals surface area contributed by atoms with E-state index < -0.39 is 24.1 Å². The van der Waals surface area contributed by atoms with Crippen LogP contribution in [0.4, 0.5) is 39.5 Å². The third kappa shape index (κ3) is 6.53. The van der Waals surface area contributed by atoms with Gasteiger partial charge in [0, 0.05) is 0 Å². The van der Waals surface area contributed by atoms with Gasteiger partial charge in [0.05, 0.1) is 0 Å². The van der Waals surface area contributed by atoms with E-state index in [0.29, 0.717) is 23.6 Å². The molecule has 2 fully saturated rings. The van der Waals surface area contributed by atoms with E-state index in [2.05, 4.69) is 19.5 Å². The van der Waals surface area contributed by atoms with Crippen molar-refractivity contribution in [2.75, 3.05) is 0 Å². The van der Waals surface area contributed by atoms with Gasteiger partial charge >= 0.3 is 172 Å². The van der Waals surface area contributed by atoms with Crippen LogP contribution in [0.2, 0.25) is 0 Å². The second kappa shape index (κ2) is 11.4. The van der Waals surface area contributed by atoms with Gasteiger partial charge in [-0.1, -0.05) is 0 Å². The molecule has 2 N–H and O–H groups in total. The van der Waals surface area contributed by atoms with Crippen LogP contribution in [0.5, 0.6) is 11.5 Å². The molecular formula is C24H22CrF9N2O3+. The fourth-order valence-corrected chi connectivity index (χ4v) is 6.10. The zero-order valence-electron chi connectivity index (χ0n) is 19.8. The number of halogens is 9. The standard InChI is InChI=1S/C20H22N2O2.C4F9O.Cr/c23-19-11-5-1-7-15(19)13-21-17-9-3-4-10-18(17)22-14-16-8-2-6-12-20(16)24;5-1(2(6,7)8,3(9,10)11)4(12,13)14;/h1-2,5-8,11-14,17-18,23-24H,3-4,9-10H2;;/q;-1;+2. The van der Waals surface area contributed by atoms with E-state index in [1.165, 1.54) is 25.7 Å². The fourth-order valence-electron chi connectivity index (χ4n) is 4.11. The number of rotatable bonds is 3. The van der Waals surface area contributed by atoms with Crippen LogP contribution in [-0.4, -0.2) is 66.0 Å². The number of para-hydroxylation sites is 2. The molecule has 1 saturated heterocycles. The Balaban J connectivity index is 0.000000258. The monoisotopic (exact) mass is 609 g/mol. The minimum absolute atomic E-state index is 0.115. The quantitative estimate of drug-likeness (QED) is 0.498. The number of phenolic OH excluding ortho intramolecular Hbond substituents is 2. The summed E-state index contributed by atoms with van der Waals surface area (Å²) in [5, 5.41) is 29.5. The zero-order valence-corrected chi connectivity index (χ0v) is 21.0. The SMILES string of the molecule is Oc1ccccc1C=[N+]1[Cr][N+](=Cc2ccccc2O)C2CCCCC21.[O-]C(F)(F)C(F)(C(F)(F)F)C(F)(F)F. The van der Waals surface area contributed by atoms with Gasteiger partial charge < -0.3 is 5.11 Å². The summed E-state index contributed by atoms with van der Waals surface area (Å²) < 4.78 is 108. The average molecular weight is 609 g/mol. The third-order valence-corrected chi connectivity index (χ3v) is 7.89. The molecule has 1 heterocycles. The molecule has 2 aliphatic rings. The summed E-state index contributed by atoms with van der Waals surface area (Å²) in [6.45, 7) is 0. The van der Waals surface area contributed by atoms with Gasteiger partial charge in [-0.3, -0.25) is 0 Å². The maximum absolute atomic E-state index is 12.0. The van der Waals surface area contributed by atoms with E-state index in [1.54, 1.807) is 12.1 Å². The van der Waals surface area contributed by atoms with Crippen molar-refractivity contribution in [1.82, 2.24) is 0 Å². The average Bonchev–Trinajstić information content (AvgIpc) is 3.17. The predicted octanol–water partition coefficient (Wildman–Crippen LogP) is 4.67. The Labute approximate surface area is 223 Å². The molecule has 39 heavy (non-hydrogen) atoms. The minimum atomic E-state index is -7.08. The Hall–Kier alpha value is -2.76. The molecule has 4 rings (SSSR count). The number of phenols is 2. The number of hydrogen-bond acceptors (Lipinski definition) is 3. The normalized spacial score (nSPS) is 22.4. The Morgan fingerprint density at radius 1 is 0.692 bits per heavy atom. The molecule has 2 atom stereocenters. The van der Waals surface area contributed by atoms with E-state index in [9.17, 15) is 54.8 Å². The van der Waals surface area contributed by atoms with Crippen molar-refractivity contribution in [2.24, 2.45) is 0 Å².